The van der Waals surface area contributed by atoms with Crippen molar-refractivity contribution in [3.05, 3.63) is 0 Å². The lowest BCUT2D eigenvalue weighted by Crippen LogP contribution is -2.47. The molecule has 0 aromatic carbocycles. The van der Waals surface area contributed by atoms with Gasteiger partial charge in [-0.1, -0.05) is 6.92 Å². The number of rotatable bonds is 5. The minimum Gasteiger partial charge on any atom is -0.480 e. The third-order valence-corrected chi connectivity index (χ3v) is 3.13. The Morgan fingerprint density at radius 1 is 1.35 bits per heavy atom. The number of carboxylic acid groups (broad SMARTS) is 1. The van der Waals surface area contributed by atoms with E-state index in [0.717, 1.165) is 12.8 Å². The number of aliphatic carboxylic acids is 1. The fourth-order valence-corrected chi connectivity index (χ4v) is 2.32. The van der Waals surface area contributed by atoms with E-state index in [4.69, 9.17) is 5.11 Å². The molecule has 20 heavy (non-hydrogen) atoms. The quantitative estimate of drug-likeness (QED) is 0.828. The highest BCUT2D eigenvalue weighted by atomic mass is 19.4. The summed E-state index contributed by atoms with van der Waals surface area (Å²) in [5, 5.41) is 8.61. The number of piperidine rings is 1. The molecule has 1 heterocycles. The van der Waals surface area contributed by atoms with Crippen molar-refractivity contribution < 1.29 is 27.9 Å². The zero-order valence-corrected chi connectivity index (χ0v) is 11.3. The lowest BCUT2D eigenvalue weighted by atomic mass is 10.0. The van der Waals surface area contributed by atoms with E-state index in [0.29, 0.717) is 23.9 Å². The number of alkyl halides is 3. The molecule has 1 fully saturated rings. The SMILES string of the molecule is CC1CCCN(C(=O)CN(CC(=O)O)CC(F)(F)F)C1. The highest BCUT2D eigenvalue weighted by Crippen LogP contribution is 2.18. The van der Waals surface area contributed by atoms with Crippen LogP contribution in [0.15, 0.2) is 0 Å². The second-order valence-corrected chi connectivity index (χ2v) is 5.24. The largest absolute Gasteiger partial charge is 0.480 e. The summed E-state index contributed by atoms with van der Waals surface area (Å²) in [5.41, 5.74) is 0. The van der Waals surface area contributed by atoms with Crippen molar-refractivity contribution in [3.8, 4) is 0 Å². The van der Waals surface area contributed by atoms with Crippen LogP contribution in [0, 0.1) is 5.92 Å². The van der Waals surface area contributed by atoms with E-state index in [1.807, 2.05) is 6.92 Å². The predicted molar refractivity (Wildman–Crippen MR) is 65.1 cm³/mol. The van der Waals surface area contributed by atoms with Gasteiger partial charge in [0.15, 0.2) is 0 Å². The van der Waals surface area contributed by atoms with Gasteiger partial charge in [0.1, 0.15) is 0 Å². The van der Waals surface area contributed by atoms with Gasteiger partial charge in [-0.25, -0.2) is 0 Å². The van der Waals surface area contributed by atoms with Crippen molar-refractivity contribution in [3.63, 3.8) is 0 Å². The predicted octanol–water partition coefficient (Wildman–Crippen LogP) is 1.19. The van der Waals surface area contributed by atoms with Crippen molar-refractivity contribution in [1.29, 1.82) is 0 Å². The molecule has 1 amide bonds. The van der Waals surface area contributed by atoms with Gasteiger partial charge in [-0.05, 0) is 18.8 Å². The van der Waals surface area contributed by atoms with Gasteiger partial charge in [0, 0.05) is 13.1 Å². The number of likely N-dealkylation sites (tertiary alicyclic amines) is 1. The first-order valence-electron chi connectivity index (χ1n) is 6.46. The number of halogens is 3. The molecule has 0 bridgehead atoms. The normalized spacial score (nSPS) is 20.2. The zero-order chi connectivity index (χ0) is 15.3. The first-order chi connectivity index (χ1) is 9.17. The maximum Gasteiger partial charge on any atom is 0.401 e. The van der Waals surface area contributed by atoms with Crippen molar-refractivity contribution in [2.45, 2.75) is 25.9 Å². The van der Waals surface area contributed by atoms with Gasteiger partial charge in [-0.3, -0.25) is 14.5 Å². The lowest BCUT2D eigenvalue weighted by Gasteiger charge is -2.32. The third-order valence-electron chi connectivity index (χ3n) is 3.13. The number of amides is 1. The Morgan fingerprint density at radius 2 is 2.00 bits per heavy atom. The Labute approximate surface area is 115 Å². The molecule has 1 atom stereocenters. The summed E-state index contributed by atoms with van der Waals surface area (Å²) in [6.07, 6.45) is -2.71. The van der Waals surface area contributed by atoms with Crippen LogP contribution < -0.4 is 0 Å². The molecule has 0 saturated carbocycles. The van der Waals surface area contributed by atoms with Crippen molar-refractivity contribution in [2.24, 2.45) is 5.92 Å². The summed E-state index contributed by atoms with van der Waals surface area (Å²) >= 11 is 0. The molecule has 0 aliphatic carbocycles. The molecule has 1 unspecified atom stereocenters. The van der Waals surface area contributed by atoms with Gasteiger partial charge in [0.2, 0.25) is 5.91 Å². The number of carboxylic acids is 1. The van der Waals surface area contributed by atoms with Gasteiger partial charge >= 0.3 is 12.1 Å². The third kappa shape index (κ3) is 6.23. The summed E-state index contributed by atoms with van der Waals surface area (Å²) in [7, 11) is 0. The molecular formula is C12H19F3N2O3. The molecule has 1 N–H and O–H groups in total. The van der Waals surface area contributed by atoms with Gasteiger partial charge in [0.05, 0.1) is 19.6 Å². The van der Waals surface area contributed by atoms with E-state index in [-0.39, 0.29) is 0 Å². The van der Waals surface area contributed by atoms with Crippen LogP contribution in [0.1, 0.15) is 19.8 Å². The highest BCUT2D eigenvalue weighted by molar-refractivity contribution is 5.79. The number of hydrogen-bond donors (Lipinski definition) is 1. The van der Waals surface area contributed by atoms with Crippen molar-refractivity contribution >= 4 is 11.9 Å². The second-order valence-electron chi connectivity index (χ2n) is 5.24. The summed E-state index contributed by atoms with van der Waals surface area (Å²) in [6.45, 7) is 0.313. The van der Waals surface area contributed by atoms with Crippen LogP contribution in [0.25, 0.3) is 0 Å². The maximum atomic E-state index is 12.4. The number of carbonyl (C=O) groups is 2. The van der Waals surface area contributed by atoms with Crippen LogP contribution in [-0.2, 0) is 9.59 Å². The monoisotopic (exact) mass is 296 g/mol. The van der Waals surface area contributed by atoms with Gasteiger partial charge in [-0.2, -0.15) is 13.2 Å². The van der Waals surface area contributed by atoms with E-state index in [2.05, 4.69) is 0 Å². The Hall–Kier alpha value is -1.31. The van der Waals surface area contributed by atoms with E-state index in [1.54, 1.807) is 0 Å². The molecule has 1 saturated heterocycles. The molecule has 0 spiro atoms. The highest BCUT2D eigenvalue weighted by Gasteiger charge is 2.33. The number of nitrogens with zero attached hydrogens (tertiary/aromatic N) is 2. The smallest absolute Gasteiger partial charge is 0.401 e. The molecular weight excluding hydrogens is 277 g/mol. The molecule has 0 aromatic heterocycles. The summed E-state index contributed by atoms with van der Waals surface area (Å²) in [4.78, 5) is 24.6. The van der Waals surface area contributed by atoms with Crippen LogP contribution in [-0.4, -0.2) is 65.7 Å². The maximum absolute atomic E-state index is 12.4. The molecule has 0 aromatic rings. The molecule has 1 aliphatic heterocycles. The molecule has 1 aliphatic rings. The lowest BCUT2D eigenvalue weighted by molar-refractivity contribution is -0.157. The van der Waals surface area contributed by atoms with E-state index in [9.17, 15) is 22.8 Å². The molecule has 116 valence electrons. The molecule has 1 rings (SSSR count). The van der Waals surface area contributed by atoms with Crippen LogP contribution in [0.5, 0.6) is 0 Å². The fourth-order valence-electron chi connectivity index (χ4n) is 2.32. The number of hydrogen-bond acceptors (Lipinski definition) is 3. The summed E-state index contributed by atoms with van der Waals surface area (Å²) in [5.74, 6) is -1.50. The summed E-state index contributed by atoms with van der Waals surface area (Å²) in [6, 6.07) is 0. The van der Waals surface area contributed by atoms with Gasteiger partial charge in [-0.15, -0.1) is 0 Å². The van der Waals surface area contributed by atoms with Crippen LogP contribution in [0.2, 0.25) is 0 Å². The Morgan fingerprint density at radius 3 is 2.50 bits per heavy atom. The van der Waals surface area contributed by atoms with E-state index in [1.165, 1.54) is 4.90 Å². The van der Waals surface area contributed by atoms with Crippen LogP contribution in [0.3, 0.4) is 0 Å². The summed E-state index contributed by atoms with van der Waals surface area (Å²) < 4.78 is 37.1. The fraction of sp³-hybridized carbons (Fsp3) is 0.833. The Bertz CT molecular complexity index is 360. The average Bonchev–Trinajstić information content (AvgIpc) is 2.25. The number of carbonyl (C=O) groups excluding carboxylic acids is 1. The minimum absolute atomic E-state index is 0.322. The van der Waals surface area contributed by atoms with Crippen molar-refractivity contribution in [1.82, 2.24) is 9.80 Å². The molecule has 5 nitrogen and oxygen atoms in total. The molecule has 8 heteroatoms. The van der Waals surface area contributed by atoms with Crippen LogP contribution in [0.4, 0.5) is 13.2 Å². The molecule has 0 radical (unpaired) electrons. The minimum atomic E-state index is -4.52. The van der Waals surface area contributed by atoms with Gasteiger partial charge in [0.25, 0.3) is 0 Å². The van der Waals surface area contributed by atoms with Gasteiger partial charge < -0.3 is 10.0 Å². The second kappa shape index (κ2) is 6.92. The van der Waals surface area contributed by atoms with Crippen LogP contribution >= 0.6 is 0 Å². The first-order valence-corrected chi connectivity index (χ1v) is 6.46. The topological polar surface area (TPSA) is 60.9 Å². The van der Waals surface area contributed by atoms with E-state index < -0.39 is 37.7 Å². The van der Waals surface area contributed by atoms with Crippen molar-refractivity contribution in [2.75, 3.05) is 32.7 Å². The zero-order valence-electron chi connectivity index (χ0n) is 11.3. The van der Waals surface area contributed by atoms with E-state index >= 15 is 0 Å². The Kier molecular flexibility index (Phi) is 5.79. The first kappa shape index (κ1) is 16.7. The average molecular weight is 296 g/mol. The standard InChI is InChI=1S/C12H19F3N2O3/c1-9-3-2-4-17(5-9)10(18)6-16(7-11(19)20)8-12(13,14)15/h9H,2-8H2,1H3,(H,19,20). The Balaban J connectivity index is 2.58.